The van der Waals surface area contributed by atoms with E-state index in [1.807, 2.05) is 0 Å². The fourth-order valence-electron chi connectivity index (χ4n) is 1.11. The number of nitriles is 1. The van der Waals surface area contributed by atoms with Crippen LogP contribution in [0.3, 0.4) is 0 Å². The maximum Gasteiger partial charge on any atom is 0.0669 e. The molecule has 0 amide bonds. The Balaban J connectivity index is 0.000000810. The summed E-state index contributed by atoms with van der Waals surface area (Å²) in [6.45, 7) is 3.05. The first-order chi connectivity index (χ1) is 4.33. The molecule has 0 unspecified atom stereocenters. The first-order valence-corrected chi connectivity index (χ1v) is 3.46. The third-order valence-corrected chi connectivity index (χ3v) is 1.84. The molecule has 0 aliphatic carbocycles. The van der Waals surface area contributed by atoms with Gasteiger partial charge in [-0.05, 0) is 19.8 Å². The molecule has 1 N–H and O–H groups in total. The molecule has 0 aromatic heterocycles. The van der Waals surface area contributed by atoms with E-state index in [-0.39, 0.29) is 18.3 Å². The Hall–Kier alpha value is -0.260. The molecule has 0 aromatic rings. The highest BCUT2D eigenvalue weighted by Gasteiger charge is 2.15. The van der Waals surface area contributed by atoms with Gasteiger partial charge >= 0.3 is 0 Å². The lowest BCUT2D eigenvalue weighted by Gasteiger charge is -2.22. The second kappa shape index (κ2) is 4.54. The SMILES string of the molecule is C[C@@H]1CC[C@@H](C#N)CN1.Cl. The van der Waals surface area contributed by atoms with Gasteiger partial charge in [-0.1, -0.05) is 0 Å². The third-order valence-electron chi connectivity index (χ3n) is 1.84. The third kappa shape index (κ3) is 2.55. The van der Waals surface area contributed by atoms with Crippen molar-refractivity contribution >= 4 is 12.4 Å². The number of hydrogen-bond acceptors (Lipinski definition) is 2. The normalized spacial score (nSPS) is 32.0. The summed E-state index contributed by atoms with van der Waals surface area (Å²) in [5.41, 5.74) is 0. The van der Waals surface area contributed by atoms with E-state index >= 15 is 0 Å². The summed E-state index contributed by atoms with van der Waals surface area (Å²) >= 11 is 0. The van der Waals surface area contributed by atoms with Crippen LogP contribution in [0.25, 0.3) is 0 Å². The minimum atomic E-state index is 0. The molecule has 58 valence electrons. The minimum absolute atomic E-state index is 0. The standard InChI is InChI=1S/C7H12N2.ClH/c1-6-2-3-7(4-8)5-9-6;/h6-7,9H,2-3,5H2,1H3;1H/t6-,7+;/m1./s1. The average molecular weight is 161 g/mol. The van der Waals surface area contributed by atoms with Crippen LogP contribution in [-0.4, -0.2) is 12.6 Å². The van der Waals surface area contributed by atoms with Gasteiger partial charge in [0, 0.05) is 12.6 Å². The van der Waals surface area contributed by atoms with E-state index in [4.69, 9.17) is 5.26 Å². The van der Waals surface area contributed by atoms with E-state index in [2.05, 4.69) is 18.3 Å². The second-order valence-electron chi connectivity index (χ2n) is 2.71. The molecule has 0 radical (unpaired) electrons. The summed E-state index contributed by atoms with van der Waals surface area (Å²) in [5.74, 6) is 0.265. The van der Waals surface area contributed by atoms with Gasteiger partial charge in [-0.15, -0.1) is 12.4 Å². The summed E-state index contributed by atoms with van der Waals surface area (Å²) in [5, 5.41) is 11.7. The van der Waals surface area contributed by atoms with E-state index in [1.54, 1.807) is 0 Å². The van der Waals surface area contributed by atoms with Crippen LogP contribution in [0.1, 0.15) is 19.8 Å². The summed E-state index contributed by atoms with van der Waals surface area (Å²) in [7, 11) is 0. The van der Waals surface area contributed by atoms with E-state index in [0.29, 0.717) is 6.04 Å². The van der Waals surface area contributed by atoms with Crippen molar-refractivity contribution in [3.8, 4) is 6.07 Å². The Kier molecular flexibility index (Phi) is 4.42. The first kappa shape index (κ1) is 9.74. The van der Waals surface area contributed by atoms with Crippen LogP contribution in [0, 0.1) is 17.2 Å². The fraction of sp³-hybridized carbons (Fsp3) is 0.857. The molecule has 1 fully saturated rings. The molecule has 1 aliphatic rings. The van der Waals surface area contributed by atoms with Crippen molar-refractivity contribution in [2.75, 3.05) is 6.54 Å². The van der Waals surface area contributed by atoms with Gasteiger partial charge in [-0.25, -0.2) is 0 Å². The van der Waals surface area contributed by atoms with Gasteiger partial charge in [-0.2, -0.15) is 5.26 Å². The van der Waals surface area contributed by atoms with Crippen LogP contribution in [0.15, 0.2) is 0 Å². The molecule has 0 spiro atoms. The van der Waals surface area contributed by atoms with Crippen molar-refractivity contribution in [3.05, 3.63) is 0 Å². The maximum atomic E-state index is 8.49. The molecule has 0 aromatic carbocycles. The molecular formula is C7H13ClN2. The number of halogens is 1. The number of piperidine rings is 1. The zero-order chi connectivity index (χ0) is 6.69. The van der Waals surface area contributed by atoms with Crippen molar-refractivity contribution in [3.63, 3.8) is 0 Å². The number of nitrogens with zero attached hydrogens (tertiary/aromatic N) is 1. The molecule has 0 bridgehead atoms. The molecule has 1 saturated heterocycles. The van der Waals surface area contributed by atoms with E-state index < -0.39 is 0 Å². The second-order valence-corrected chi connectivity index (χ2v) is 2.71. The van der Waals surface area contributed by atoms with Gasteiger partial charge in [0.1, 0.15) is 0 Å². The van der Waals surface area contributed by atoms with Gasteiger partial charge in [0.05, 0.1) is 12.0 Å². The van der Waals surface area contributed by atoms with Gasteiger partial charge in [0.2, 0.25) is 0 Å². The zero-order valence-corrected chi connectivity index (χ0v) is 6.95. The van der Waals surface area contributed by atoms with E-state index in [9.17, 15) is 0 Å². The number of rotatable bonds is 0. The van der Waals surface area contributed by atoms with Gasteiger partial charge in [0.15, 0.2) is 0 Å². The molecule has 1 rings (SSSR count). The van der Waals surface area contributed by atoms with Crippen molar-refractivity contribution in [2.24, 2.45) is 5.92 Å². The number of nitrogens with one attached hydrogen (secondary N) is 1. The lowest BCUT2D eigenvalue weighted by atomic mass is 9.97. The summed E-state index contributed by atoms with van der Waals surface area (Å²) < 4.78 is 0. The van der Waals surface area contributed by atoms with Crippen LogP contribution in [0.2, 0.25) is 0 Å². The predicted octanol–water partition coefficient (Wildman–Crippen LogP) is 1.32. The highest BCUT2D eigenvalue weighted by molar-refractivity contribution is 5.85. The fourth-order valence-corrected chi connectivity index (χ4v) is 1.11. The Morgan fingerprint density at radius 3 is 2.60 bits per heavy atom. The Morgan fingerprint density at radius 2 is 2.20 bits per heavy atom. The predicted molar refractivity (Wildman–Crippen MR) is 43.0 cm³/mol. The lowest BCUT2D eigenvalue weighted by molar-refractivity contribution is 0.372. The van der Waals surface area contributed by atoms with Gasteiger partial charge in [0.25, 0.3) is 0 Å². The molecular weight excluding hydrogens is 148 g/mol. The van der Waals surface area contributed by atoms with Crippen molar-refractivity contribution in [1.82, 2.24) is 5.32 Å². The summed E-state index contributed by atoms with van der Waals surface area (Å²) in [6.07, 6.45) is 2.23. The van der Waals surface area contributed by atoms with E-state index in [0.717, 1.165) is 19.4 Å². The smallest absolute Gasteiger partial charge is 0.0669 e. The zero-order valence-electron chi connectivity index (χ0n) is 6.13. The molecule has 2 atom stereocenters. The molecule has 1 aliphatic heterocycles. The molecule has 0 saturated carbocycles. The van der Waals surface area contributed by atoms with Gasteiger partial charge < -0.3 is 5.32 Å². The minimum Gasteiger partial charge on any atom is -0.313 e. The average Bonchev–Trinajstić information content (AvgIpc) is 1.90. The Bertz CT molecular complexity index is 122. The maximum absolute atomic E-state index is 8.49. The summed E-state index contributed by atoms with van der Waals surface area (Å²) in [6, 6.07) is 2.88. The van der Waals surface area contributed by atoms with Crippen molar-refractivity contribution in [1.29, 1.82) is 5.26 Å². The van der Waals surface area contributed by atoms with Crippen LogP contribution in [0.5, 0.6) is 0 Å². The Labute approximate surface area is 68.0 Å². The Morgan fingerprint density at radius 1 is 1.50 bits per heavy atom. The quantitative estimate of drug-likeness (QED) is 0.580. The summed E-state index contributed by atoms with van der Waals surface area (Å²) in [4.78, 5) is 0. The highest BCUT2D eigenvalue weighted by Crippen LogP contribution is 2.11. The van der Waals surface area contributed by atoms with Crippen molar-refractivity contribution < 1.29 is 0 Å². The topological polar surface area (TPSA) is 35.8 Å². The largest absolute Gasteiger partial charge is 0.313 e. The number of hydrogen-bond donors (Lipinski definition) is 1. The molecule has 10 heavy (non-hydrogen) atoms. The van der Waals surface area contributed by atoms with E-state index in [1.165, 1.54) is 0 Å². The van der Waals surface area contributed by atoms with Crippen LogP contribution in [0.4, 0.5) is 0 Å². The molecule has 3 heteroatoms. The van der Waals surface area contributed by atoms with Crippen LogP contribution >= 0.6 is 12.4 Å². The van der Waals surface area contributed by atoms with Crippen LogP contribution < -0.4 is 5.32 Å². The molecule has 1 heterocycles. The van der Waals surface area contributed by atoms with Crippen LogP contribution in [-0.2, 0) is 0 Å². The molecule has 2 nitrogen and oxygen atoms in total. The van der Waals surface area contributed by atoms with Crippen molar-refractivity contribution in [2.45, 2.75) is 25.8 Å². The highest BCUT2D eigenvalue weighted by atomic mass is 35.5. The monoisotopic (exact) mass is 160 g/mol. The first-order valence-electron chi connectivity index (χ1n) is 3.46. The van der Waals surface area contributed by atoms with Gasteiger partial charge in [-0.3, -0.25) is 0 Å². The lowest BCUT2D eigenvalue weighted by Crippen LogP contribution is -2.36.